The van der Waals surface area contributed by atoms with Crippen LogP contribution in [0.5, 0.6) is 0 Å². The van der Waals surface area contributed by atoms with Gasteiger partial charge < -0.3 is 20.3 Å². The number of hydrogen-bond donors (Lipinski definition) is 2. The Balaban J connectivity index is 1.46. The van der Waals surface area contributed by atoms with E-state index in [2.05, 4.69) is 15.5 Å². The van der Waals surface area contributed by atoms with Crippen LogP contribution in [-0.4, -0.2) is 62.7 Å². The van der Waals surface area contributed by atoms with E-state index >= 15 is 0 Å². The van der Waals surface area contributed by atoms with Gasteiger partial charge in [-0.3, -0.25) is 9.59 Å². The van der Waals surface area contributed by atoms with Crippen molar-refractivity contribution < 1.29 is 14.3 Å². The second-order valence-electron chi connectivity index (χ2n) is 7.03. The first-order valence-corrected chi connectivity index (χ1v) is 9.93. The number of likely N-dealkylation sites (tertiary alicyclic amines) is 1. The zero-order valence-electron chi connectivity index (χ0n) is 14.6. The highest BCUT2D eigenvalue weighted by Gasteiger charge is 2.35. The molecule has 7 heteroatoms. The van der Waals surface area contributed by atoms with Crippen LogP contribution in [-0.2, 0) is 9.53 Å². The van der Waals surface area contributed by atoms with Crippen molar-refractivity contribution in [2.24, 2.45) is 5.41 Å². The number of carbonyl (C=O) groups is 2. The van der Waals surface area contributed by atoms with Crippen LogP contribution in [0.4, 0.5) is 0 Å². The topological polar surface area (TPSA) is 70.7 Å². The van der Waals surface area contributed by atoms with Crippen LogP contribution in [0.3, 0.4) is 0 Å². The van der Waals surface area contributed by atoms with Crippen LogP contribution in [0, 0.1) is 5.41 Å². The molecule has 3 heterocycles. The van der Waals surface area contributed by atoms with Crippen LogP contribution >= 0.6 is 11.3 Å². The number of carbonyl (C=O) groups excluding carboxylic acids is 2. The summed E-state index contributed by atoms with van der Waals surface area (Å²) < 4.78 is 5.53. The quantitative estimate of drug-likeness (QED) is 0.768. The summed E-state index contributed by atoms with van der Waals surface area (Å²) >= 11 is 1.37. The van der Waals surface area contributed by atoms with Crippen LogP contribution in [0.2, 0.25) is 0 Å². The van der Waals surface area contributed by atoms with Gasteiger partial charge in [0.05, 0.1) is 11.4 Å². The van der Waals surface area contributed by atoms with Crippen molar-refractivity contribution in [2.75, 3.05) is 45.9 Å². The number of ether oxygens (including phenoxy) is 1. The second-order valence-corrected chi connectivity index (χ2v) is 7.98. The van der Waals surface area contributed by atoms with Gasteiger partial charge in [-0.1, -0.05) is 6.07 Å². The van der Waals surface area contributed by atoms with E-state index in [4.69, 9.17) is 4.74 Å². The number of hydrogen-bond acceptors (Lipinski definition) is 5. The predicted octanol–water partition coefficient (Wildman–Crippen LogP) is 1.49. The smallest absolute Gasteiger partial charge is 0.261 e. The monoisotopic (exact) mass is 365 g/mol. The fraction of sp³-hybridized carbons (Fsp3) is 0.667. The van der Waals surface area contributed by atoms with Crippen molar-refractivity contribution in [2.45, 2.75) is 25.7 Å². The van der Waals surface area contributed by atoms with E-state index in [9.17, 15) is 9.59 Å². The third-order valence-corrected chi connectivity index (χ3v) is 5.99. The highest BCUT2D eigenvalue weighted by Crippen LogP contribution is 2.32. The molecule has 2 N–H and O–H groups in total. The molecule has 0 radical (unpaired) electrons. The molecule has 6 nitrogen and oxygen atoms in total. The molecule has 2 saturated heterocycles. The minimum absolute atomic E-state index is 0.0209. The molecule has 2 aliphatic rings. The maximum atomic E-state index is 12.2. The molecule has 0 unspecified atom stereocenters. The Kier molecular flexibility index (Phi) is 6.45. The third kappa shape index (κ3) is 5.26. The summed E-state index contributed by atoms with van der Waals surface area (Å²) in [7, 11) is 0. The van der Waals surface area contributed by atoms with Gasteiger partial charge in [-0.15, -0.1) is 11.3 Å². The van der Waals surface area contributed by atoms with E-state index < -0.39 is 0 Å². The zero-order valence-corrected chi connectivity index (χ0v) is 15.4. The summed E-state index contributed by atoms with van der Waals surface area (Å²) in [4.78, 5) is 27.2. The highest BCUT2D eigenvalue weighted by molar-refractivity contribution is 7.12. The van der Waals surface area contributed by atoms with Gasteiger partial charge in [-0.25, -0.2) is 0 Å². The second kappa shape index (κ2) is 8.78. The average Bonchev–Trinajstić information content (AvgIpc) is 3.32. The van der Waals surface area contributed by atoms with E-state index in [0.29, 0.717) is 11.4 Å². The number of nitrogens with zero attached hydrogens (tertiary/aromatic N) is 1. The maximum Gasteiger partial charge on any atom is 0.261 e. The Bertz CT molecular complexity index is 564. The number of nitrogens with one attached hydrogen (secondary N) is 2. The lowest BCUT2D eigenvalue weighted by Gasteiger charge is -2.40. The summed E-state index contributed by atoms with van der Waals surface area (Å²) in [6.07, 6.45) is 4.50. The van der Waals surface area contributed by atoms with Gasteiger partial charge in [0.2, 0.25) is 5.91 Å². The van der Waals surface area contributed by atoms with Crippen LogP contribution < -0.4 is 10.6 Å². The van der Waals surface area contributed by atoms with E-state index in [1.807, 2.05) is 11.4 Å². The molecular formula is C18H27N3O3S. The SMILES string of the molecule is O=C(CNC(=O)c1cccs1)NCC1(CN2CCCC2)CCOCC1. The molecule has 25 heavy (non-hydrogen) atoms. The van der Waals surface area contributed by atoms with Crippen LogP contribution in [0.15, 0.2) is 17.5 Å². The van der Waals surface area contributed by atoms with Gasteiger partial charge in [0.25, 0.3) is 5.91 Å². The van der Waals surface area contributed by atoms with Crippen molar-refractivity contribution in [1.29, 1.82) is 0 Å². The normalized spacial score (nSPS) is 20.3. The largest absolute Gasteiger partial charge is 0.381 e. The summed E-state index contributed by atoms with van der Waals surface area (Å²) in [5.41, 5.74) is 0.0933. The Labute approximate surface area is 152 Å². The Hall–Kier alpha value is -1.44. The highest BCUT2D eigenvalue weighted by atomic mass is 32.1. The van der Waals surface area contributed by atoms with E-state index in [1.165, 1.54) is 24.2 Å². The lowest BCUT2D eigenvalue weighted by atomic mass is 9.79. The van der Waals surface area contributed by atoms with Gasteiger partial charge in [-0.05, 0) is 50.2 Å². The fourth-order valence-electron chi connectivity index (χ4n) is 3.61. The lowest BCUT2D eigenvalue weighted by Crippen LogP contribution is -2.49. The molecule has 1 aromatic rings. The van der Waals surface area contributed by atoms with Crippen molar-refractivity contribution in [3.8, 4) is 0 Å². The molecule has 0 aliphatic carbocycles. The predicted molar refractivity (Wildman–Crippen MR) is 97.8 cm³/mol. The van der Waals surface area contributed by atoms with Gasteiger partial charge >= 0.3 is 0 Å². The van der Waals surface area contributed by atoms with Gasteiger partial charge in [0, 0.05) is 31.7 Å². The van der Waals surface area contributed by atoms with Gasteiger partial charge in [0.15, 0.2) is 0 Å². The molecule has 138 valence electrons. The molecule has 3 rings (SSSR count). The van der Waals surface area contributed by atoms with Gasteiger partial charge in [-0.2, -0.15) is 0 Å². The molecule has 2 fully saturated rings. The van der Waals surface area contributed by atoms with E-state index in [-0.39, 0.29) is 23.8 Å². The first kappa shape index (κ1) is 18.4. The molecule has 2 aliphatic heterocycles. The standard InChI is InChI=1S/C18H27N3O3S/c22-16(12-19-17(23)15-4-3-11-25-15)20-13-18(5-9-24-10-6-18)14-21-7-1-2-8-21/h3-4,11H,1-2,5-10,12-14H2,(H,19,23)(H,20,22). The van der Waals surface area contributed by atoms with Crippen molar-refractivity contribution in [3.63, 3.8) is 0 Å². The summed E-state index contributed by atoms with van der Waals surface area (Å²) in [5, 5.41) is 7.57. The molecule has 0 atom stereocenters. The average molecular weight is 365 g/mol. The Morgan fingerprint density at radius 1 is 1.20 bits per heavy atom. The molecule has 1 aromatic heterocycles. The Morgan fingerprint density at radius 3 is 2.64 bits per heavy atom. The Morgan fingerprint density at radius 2 is 1.96 bits per heavy atom. The number of amides is 2. The van der Waals surface area contributed by atoms with Crippen LogP contribution in [0.1, 0.15) is 35.4 Å². The molecule has 0 spiro atoms. The van der Waals surface area contributed by atoms with Gasteiger partial charge in [0.1, 0.15) is 0 Å². The molecule has 0 aromatic carbocycles. The molecule has 2 amide bonds. The first-order chi connectivity index (χ1) is 12.2. The number of rotatable bonds is 7. The lowest BCUT2D eigenvalue weighted by molar-refractivity contribution is -0.121. The van der Waals surface area contributed by atoms with Crippen molar-refractivity contribution in [3.05, 3.63) is 22.4 Å². The first-order valence-electron chi connectivity index (χ1n) is 9.05. The van der Waals surface area contributed by atoms with Crippen molar-refractivity contribution in [1.82, 2.24) is 15.5 Å². The van der Waals surface area contributed by atoms with E-state index in [0.717, 1.165) is 45.7 Å². The minimum Gasteiger partial charge on any atom is -0.381 e. The zero-order chi connectivity index (χ0) is 17.5. The fourth-order valence-corrected chi connectivity index (χ4v) is 4.25. The molecule has 0 saturated carbocycles. The third-order valence-electron chi connectivity index (χ3n) is 5.13. The molecule has 0 bridgehead atoms. The summed E-state index contributed by atoms with van der Waals surface area (Å²) in [6, 6.07) is 3.58. The molecular weight excluding hydrogens is 338 g/mol. The van der Waals surface area contributed by atoms with Crippen LogP contribution in [0.25, 0.3) is 0 Å². The summed E-state index contributed by atoms with van der Waals surface area (Å²) in [6.45, 7) is 5.55. The van der Waals surface area contributed by atoms with Crippen molar-refractivity contribution >= 4 is 23.2 Å². The minimum atomic E-state index is -0.192. The number of thiophene rings is 1. The van der Waals surface area contributed by atoms with E-state index in [1.54, 1.807) is 6.07 Å². The summed E-state index contributed by atoms with van der Waals surface area (Å²) in [5.74, 6) is -0.319. The maximum absolute atomic E-state index is 12.2.